The van der Waals surface area contributed by atoms with Gasteiger partial charge in [0.1, 0.15) is 0 Å². The van der Waals surface area contributed by atoms with E-state index in [-0.39, 0.29) is 24.4 Å². The van der Waals surface area contributed by atoms with Crippen molar-refractivity contribution in [2.75, 3.05) is 42.9 Å². The zero-order valence-corrected chi connectivity index (χ0v) is 19.8. The van der Waals surface area contributed by atoms with Crippen molar-refractivity contribution >= 4 is 35.0 Å². The van der Waals surface area contributed by atoms with Crippen LogP contribution < -0.4 is 25.0 Å². The molecule has 34 heavy (non-hydrogen) atoms. The highest BCUT2D eigenvalue weighted by Gasteiger charge is 2.15. The summed E-state index contributed by atoms with van der Waals surface area (Å²) in [5.74, 6) is 1.16. The van der Waals surface area contributed by atoms with E-state index in [9.17, 15) is 9.59 Å². The summed E-state index contributed by atoms with van der Waals surface area (Å²) in [5.41, 5.74) is 2.36. The summed E-state index contributed by atoms with van der Waals surface area (Å²) in [5, 5.41) is 5.85. The average molecular weight is 478 g/mol. The van der Waals surface area contributed by atoms with Crippen LogP contribution in [0.1, 0.15) is 16.8 Å². The van der Waals surface area contributed by atoms with E-state index in [1.54, 1.807) is 24.3 Å². The van der Waals surface area contributed by atoms with Gasteiger partial charge < -0.3 is 25.0 Å². The zero-order valence-electron chi connectivity index (χ0n) is 19.0. The highest BCUT2D eigenvalue weighted by Crippen LogP contribution is 2.34. The van der Waals surface area contributed by atoms with Gasteiger partial charge in [0, 0.05) is 42.5 Å². The number of thioether (sulfide) groups is 1. The number of carbonyl (C=O) groups excluding carboxylic acids is 2. The van der Waals surface area contributed by atoms with Crippen LogP contribution in [0.25, 0.3) is 0 Å². The second-order valence-corrected chi connectivity index (χ2v) is 8.78. The Hall–Kier alpha value is -3.65. The van der Waals surface area contributed by atoms with Crippen molar-refractivity contribution in [2.24, 2.45) is 0 Å². The van der Waals surface area contributed by atoms with Crippen molar-refractivity contribution in [1.82, 2.24) is 5.32 Å². The fourth-order valence-electron chi connectivity index (χ4n) is 3.52. The van der Waals surface area contributed by atoms with Gasteiger partial charge in [-0.15, -0.1) is 11.8 Å². The predicted octanol–water partition coefficient (Wildman–Crippen LogP) is 4.40. The summed E-state index contributed by atoms with van der Waals surface area (Å²) < 4.78 is 10.6. The van der Waals surface area contributed by atoms with Gasteiger partial charge in [0.15, 0.2) is 11.5 Å². The van der Waals surface area contributed by atoms with Gasteiger partial charge in [0.2, 0.25) is 12.7 Å². The first-order chi connectivity index (χ1) is 16.6. The third kappa shape index (κ3) is 6.23. The number of para-hydroxylation sites is 1. The lowest BCUT2D eigenvalue weighted by Gasteiger charge is -2.19. The highest BCUT2D eigenvalue weighted by atomic mass is 32.2. The zero-order chi connectivity index (χ0) is 23.8. The number of ether oxygens (including phenoxy) is 2. The van der Waals surface area contributed by atoms with Crippen LogP contribution >= 0.6 is 11.8 Å². The van der Waals surface area contributed by atoms with Gasteiger partial charge in [-0.2, -0.15) is 0 Å². The molecule has 3 aromatic carbocycles. The molecule has 0 aliphatic carbocycles. The van der Waals surface area contributed by atoms with Gasteiger partial charge in [-0.3, -0.25) is 9.59 Å². The van der Waals surface area contributed by atoms with Gasteiger partial charge in [-0.1, -0.05) is 30.3 Å². The van der Waals surface area contributed by atoms with Gasteiger partial charge >= 0.3 is 0 Å². The maximum Gasteiger partial charge on any atom is 0.252 e. The van der Waals surface area contributed by atoms with Crippen LogP contribution in [0.2, 0.25) is 0 Å². The first-order valence-corrected chi connectivity index (χ1v) is 12.0. The number of hydrogen-bond acceptors (Lipinski definition) is 6. The van der Waals surface area contributed by atoms with Crippen LogP contribution in [-0.2, 0) is 4.79 Å². The Morgan fingerprint density at radius 3 is 2.59 bits per heavy atom. The molecular weight excluding hydrogens is 450 g/mol. The van der Waals surface area contributed by atoms with E-state index in [2.05, 4.69) is 27.7 Å². The van der Waals surface area contributed by atoms with E-state index < -0.39 is 0 Å². The number of anilines is 2. The molecule has 0 aromatic heterocycles. The van der Waals surface area contributed by atoms with Crippen molar-refractivity contribution in [3.05, 3.63) is 78.4 Å². The van der Waals surface area contributed by atoms with Crippen LogP contribution in [0, 0.1) is 0 Å². The highest BCUT2D eigenvalue weighted by molar-refractivity contribution is 8.00. The summed E-state index contributed by atoms with van der Waals surface area (Å²) in [4.78, 5) is 28.1. The molecule has 1 heterocycles. The monoisotopic (exact) mass is 477 g/mol. The maximum absolute atomic E-state index is 12.8. The number of benzene rings is 3. The minimum absolute atomic E-state index is 0.137. The summed E-state index contributed by atoms with van der Waals surface area (Å²) >= 11 is 1.33. The van der Waals surface area contributed by atoms with E-state index in [1.807, 2.05) is 43.4 Å². The molecule has 0 fully saturated rings. The smallest absolute Gasteiger partial charge is 0.252 e. The van der Waals surface area contributed by atoms with E-state index in [0.717, 1.165) is 23.5 Å². The first-order valence-electron chi connectivity index (χ1n) is 11.1. The third-order valence-electron chi connectivity index (χ3n) is 5.30. The molecule has 1 aliphatic heterocycles. The lowest BCUT2D eigenvalue weighted by Crippen LogP contribution is -2.28. The second kappa shape index (κ2) is 11.5. The summed E-state index contributed by atoms with van der Waals surface area (Å²) in [6.07, 6.45) is 0.824. The Bertz CT molecular complexity index is 1140. The molecule has 0 saturated carbocycles. The number of nitrogens with zero attached hydrogens (tertiary/aromatic N) is 1. The molecule has 0 saturated heterocycles. The van der Waals surface area contributed by atoms with Crippen molar-refractivity contribution in [1.29, 1.82) is 0 Å². The SMILES string of the molecule is CN(CCCNC(=O)c1ccccc1SCC(=O)Nc1ccc2c(c1)OCO2)c1ccccc1. The van der Waals surface area contributed by atoms with E-state index in [0.29, 0.717) is 29.3 Å². The molecule has 2 N–H and O–H groups in total. The molecule has 0 unspecified atom stereocenters. The van der Waals surface area contributed by atoms with E-state index in [1.165, 1.54) is 11.8 Å². The number of carbonyl (C=O) groups is 2. The quantitative estimate of drug-likeness (QED) is 0.333. The van der Waals surface area contributed by atoms with Crippen LogP contribution in [-0.4, -0.2) is 44.5 Å². The molecule has 3 aromatic rings. The minimum atomic E-state index is -0.164. The third-order valence-corrected chi connectivity index (χ3v) is 6.37. The predicted molar refractivity (Wildman–Crippen MR) is 135 cm³/mol. The van der Waals surface area contributed by atoms with Crippen molar-refractivity contribution in [3.63, 3.8) is 0 Å². The van der Waals surface area contributed by atoms with Gasteiger partial charge in [-0.05, 0) is 42.8 Å². The molecule has 7 nitrogen and oxygen atoms in total. The maximum atomic E-state index is 12.8. The topological polar surface area (TPSA) is 79.9 Å². The fraction of sp³-hybridized carbons (Fsp3) is 0.231. The number of amides is 2. The van der Waals surface area contributed by atoms with Crippen molar-refractivity contribution in [2.45, 2.75) is 11.3 Å². The van der Waals surface area contributed by atoms with Gasteiger partial charge in [0.05, 0.1) is 11.3 Å². The van der Waals surface area contributed by atoms with Crippen molar-refractivity contribution < 1.29 is 19.1 Å². The Labute approximate surface area is 203 Å². The molecular formula is C26H27N3O4S. The lowest BCUT2D eigenvalue weighted by atomic mass is 10.2. The van der Waals surface area contributed by atoms with Crippen LogP contribution in [0.15, 0.2) is 77.7 Å². The Kier molecular flexibility index (Phi) is 7.93. The summed E-state index contributed by atoms with van der Waals surface area (Å²) in [7, 11) is 2.04. The Morgan fingerprint density at radius 1 is 0.971 bits per heavy atom. The second-order valence-electron chi connectivity index (χ2n) is 7.77. The first kappa shape index (κ1) is 23.5. The Balaban J connectivity index is 1.24. The summed E-state index contributed by atoms with van der Waals surface area (Å²) in [6.45, 7) is 1.59. The van der Waals surface area contributed by atoms with Crippen LogP contribution in [0.4, 0.5) is 11.4 Å². The van der Waals surface area contributed by atoms with Crippen molar-refractivity contribution in [3.8, 4) is 11.5 Å². The van der Waals surface area contributed by atoms with Crippen LogP contribution in [0.3, 0.4) is 0 Å². The molecule has 0 radical (unpaired) electrons. The minimum Gasteiger partial charge on any atom is -0.454 e. The number of hydrogen-bond donors (Lipinski definition) is 2. The number of fused-ring (bicyclic) bond motifs is 1. The van der Waals surface area contributed by atoms with Crippen LogP contribution in [0.5, 0.6) is 11.5 Å². The molecule has 0 atom stereocenters. The van der Waals surface area contributed by atoms with E-state index in [4.69, 9.17) is 9.47 Å². The lowest BCUT2D eigenvalue weighted by molar-refractivity contribution is -0.113. The molecule has 0 bridgehead atoms. The van der Waals surface area contributed by atoms with Gasteiger partial charge in [-0.25, -0.2) is 0 Å². The fourth-order valence-corrected chi connectivity index (χ4v) is 4.37. The number of rotatable bonds is 10. The molecule has 4 rings (SSSR count). The molecule has 1 aliphatic rings. The normalized spacial score (nSPS) is 11.7. The van der Waals surface area contributed by atoms with E-state index >= 15 is 0 Å². The summed E-state index contributed by atoms with van der Waals surface area (Å²) in [6, 6.07) is 22.8. The standard InChI is InChI=1S/C26H27N3O4S/c1-29(20-8-3-2-4-9-20)15-7-14-27-26(31)21-10-5-6-11-24(21)34-17-25(30)28-19-12-13-22-23(16-19)33-18-32-22/h2-6,8-13,16H,7,14-15,17-18H2,1H3,(H,27,31)(H,28,30). The van der Waals surface area contributed by atoms with Gasteiger partial charge in [0.25, 0.3) is 5.91 Å². The Morgan fingerprint density at radius 2 is 1.74 bits per heavy atom. The average Bonchev–Trinajstić information content (AvgIpc) is 3.34. The molecule has 8 heteroatoms. The largest absolute Gasteiger partial charge is 0.454 e. The molecule has 0 spiro atoms. The molecule has 176 valence electrons. The molecule has 2 amide bonds. The number of nitrogens with one attached hydrogen (secondary N) is 2.